The van der Waals surface area contributed by atoms with Crippen molar-refractivity contribution in [3.63, 3.8) is 0 Å². The number of nitrogens with zero attached hydrogens (tertiary/aromatic N) is 2. The van der Waals surface area contributed by atoms with Crippen LogP contribution in [0.1, 0.15) is 19.8 Å². The normalized spacial score (nSPS) is 16.0. The van der Waals surface area contributed by atoms with Crippen molar-refractivity contribution in [1.82, 2.24) is 5.43 Å². The molecular formula is C14H20N4. The highest BCUT2D eigenvalue weighted by atomic mass is 15.3. The quantitative estimate of drug-likeness (QED) is 0.459. The molecule has 0 aromatic heterocycles. The molecule has 2 rings (SSSR count). The Kier molecular flexibility index (Phi) is 4.34. The SMILES string of the molecule is CNc1ccccc1N=CCN/N=C(\C)C1CC1. The Morgan fingerprint density at radius 2 is 2.17 bits per heavy atom. The minimum Gasteiger partial charge on any atom is -0.386 e. The Bertz CT molecular complexity index is 447. The minimum atomic E-state index is 0.655. The van der Waals surface area contributed by atoms with Gasteiger partial charge < -0.3 is 10.7 Å². The first-order valence-corrected chi connectivity index (χ1v) is 6.37. The van der Waals surface area contributed by atoms with Gasteiger partial charge in [0.2, 0.25) is 0 Å². The molecule has 4 nitrogen and oxygen atoms in total. The van der Waals surface area contributed by atoms with Crippen LogP contribution >= 0.6 is 0 Å². The van der Waals surface area contributed by atoms with E-state index >= 15 is 0 Å². The number of nitrogens with one attached hydrogen (secondary N) is 2. The van der Waals surface area contributed by atoms with E-state index in [-0.39, 0.29) is 0 Å². The molecule has 0 bridgehead atoms. The molecule has 0 atom stereocenters. The molecule has 1 saturated carbocycles. The van der Waals surface area contributed by atoms with E-state index < -0.39 is 0 Å². The van der Waals surface area contributed by atoms with E-state index in [1.807, 2.05) is 37.5 Å². The molecule has 0 heterocycles. The third-order valence-electron chi connectivity index (χ3n) is 3.01. The summed E-state index contributed by atoms with van der Waals surface area (Å²) in [6.45, 7) is 2.74. The first-order chi connectivity index (χ1) is 8.81. The standard InChI is InChI=1S/C14H20N4/c1-11(12-7-8-12)18-17-10-9-16-14-6-4-3-5-13(14)15-2/h3-6,9,12,15,17H,7-8,10H2,1-2H3/b16-9?,18-11+. The van der Waals surface area contributed by atoms with Crippen LogP contribution in [-0.2, 0) is 0 Å². The largest absolute Gasteiger partial charge is 0.386 e. The van der Waals surface area contributed by atoms with Crippen molar-refractivity contribution in [2.75, 3.05) is 18.9 Å². The van der Waals surface area contributed by atoms with Crippen molar-refractivity contribution in [2.45, 2.75) is 19.8 Å². The number of hydrazone groups is 1. The van der Waals surface area contributed by atoms with Crippen molar-refractivity contribution < 1.29 is 0 Å². The van der Waals surface area contributed by atoms with Crippen molar-refractivity contribution >= 4 is 23.3 Å². The zero-order valence-corrected chi connectivity index (χ0v) is 11.0. The molecule has 1 aliphatic rings. The number of anilines is 1. The Balaban J connectivity index is 1.81. The fourth-order valence-electron chi connectivity index (χ4n) is 1.75. The number of benzene rings is 1. The summed E-state index contributed by atoms with van der Waals surface area (Å²) in [5.41, 5.74) is 6.22. The number of rotatable bonds is 6. The molecule has 2 N–H and O–H groups in total. The lowest BCUT2D eigenvalue weighted by Gasteiger charge is -2.03. The zero-order valence-electron chi connectivity index (χ0n) is 11.0. The van der Waals surface area contributed by atoms with E-state index in [0.717, 1.165) is 17.3 Å². The average molecular weight is 244 g/mol. The van der Waals surface area contributed by atoms with Crippen molar-refractivity contribution in [2.24, 2.45) is 16.0 Å². The molecule has 1 fully saturated rings. The van der Waals surface area contributed by atoms with Gasteiger partial charge >= 0.3 is 0 Å². The summed E-state index contributed by atoms with van der Waals surface area (Å²) in [5.74, 6) is 0.722. The summed E-state index contributed by atoms with van der Waals surface area (Å²) in [6.07, 6.45) is 4.43. The van der Waals surface area contributed by atoms with Gasteiger partial charge in [-0.05, 0) is 37.8 Å². The number of hydrogen-bond acceptors (Lipinski definition) is 4. The van der Waals surface area contributed by atoms with E-state index in [9.17, 15) is 0 Å². The summed E-state index contributed by atoms with van der Waals surface area (Å²) in [7, 11) is 1.90. The van der Waals surface area contributed by atoms with Gasteiger partial charge in [0.1, 0.15) is 0 Å². The predicted molar refractivity (Wildman–Crippen MR) is 78.0 cm³/mol. The first-order valence-electron chi connectivity index (χ1n) is 6.37. The molecule has 96 valence electrons. The van der Waals surface area contributed by atoms with Gasteiger partial charge in [0, 0.05) is 19.0 Å². The minimum absolute atomic E-state index is 0.655. The van der Waals surface area contributed by atoms with Crippen LogP contribution in [-0.4, -0.2) is 25.5 Å². The monoisotopic (exact) mass is 244 g/mol. The second kappa shape index (κ2) is 6.19. The summed E-state index contributed by atoms with van der Waals surface area (Å²) in [5, 5.41) is 7.44. The molecule has 0 radical (unpaired) electrons. The lowest BCUT2D eigenvalue weighted by molar-refractivity contribution is 0.841. The van der Waals surface area contributed by atoms with E-state index in [4.69, 9.17) is 0 Å². The fraction of sp³-hybridized carbons (Fsp3) is 0.429. The van der Waals surface area contributed by atoms with Gasteiger partial charge in [-0.25, -0.2) is 0 Å². The number of aliphatic imine (C=N–C) groups is 1. The average Bonchev–Trinajstić information content (AvgIpc) is 3.23. The van der Waals surface area contributed by atoms with Gasteiger partial charge in [0.25, 0.3) is 0 Å². The zero-order chi connectivity index (χ0) is 12.8. The molecule has 0 spiro atoms. The highest BCUT2D eigenvalue weighted by Gasteiger charge is 2.24. The summed E-state index contributed by atoms with van der Waals surface area (Å²) in [6, 6.07) is 7.97. The van der Waals surface area contributed by atoms with Crippen LogP contribution in [0.15, 0.2) is 34.4 Å². The Morgan fingerprint density at radius 1 is 1.39 bits per heavy atom. The van der Waals surface area contributed by atoms with Crippen LogP contribution in [0.2, 0.25) is 0 Å². The van der Waals surface area contributed by atoms with Crippen molar-refractivity contribution in [3.8, 4) is 0 Å². The topological polar surface area (TPSA) is 48.8 Å². The lowest BCUT2D eigenvalue weighted by Crippen LogP contribution is -2.12. The maximum absolute atomic E-state index is 4.42. The van der Waals surface area contributed by atoms with Crippen LogP contribution in [0.25, 0.3) is 0 Å². The van der Waals surface area contributed by atoms with E-state index in [1.54, 1.807) is 0 Å². The van der Waals surface area contributed by atoms with Gasteiger partial charge in [0.15, 0.2) is 0 Å². The molecule has 4 heteroatoms. The fourth-order valence-corrected chi connectivity index (χ4v) is 1.75. The van der Waals surface area contributed by atoms with Crippen molar-refractivity contribution in [3.05, 3.63) is 24.3 Å². The van der Waals surface area contributed by atoms with Gasteiger partial charge in [0.05, 0.1) is 17.9 Å². The maximum atomic E-state index is 4.42. The van der Waals surface area contributed by atoms with E-state index in [1.165, 1.54) is 18.6 Å². The highest BCUT2D eigenvalue weighted by molar-refractivity contribution is 5.86. The summed E-state index contributed by atoms with van der Waals surface area (Å²) in [4.78, 5) is 4.42. The Morgan fingerprint density at radius 3 is 2.89 bits per heavy atom. The first kappa shape index (κ1) is 12.6. The summed E-state index contributed by atoms with van der Waals surface area (Å²) < 4.78 is 0. The molecule has 1 aromatic carbocycles. The van der Waals surface area contributed by atoms with E-state index in [0.29, 0.717) is 6.54 Å². The smallest absolute Gasteiger partial charge is 0.0857 e. The molecular weight excluding hydrogens is 224 g/mol. The number of hydrogen-bond donors (Lipinski definition) is 2. The van der Waals surface area contributed by atoms with Crippen LogP contribution < -0.4 is 10.7 Å². The van der Waals surface area contributed by atoms with Gasteiger partial charge in [-0.1, -0.05) is 12.1 Å². The van der Waals surface area contributed by atoms with Crippen LogP contribution in [0.5, 0.6) is 0 Å². The predicted octanol–water partition coefficient (Wildman–Crippen LogP) is 2.81. The summed E-state index contributed by atoms with van der Waals surface area (Å²) >= 11 is 0. The Labute approximate surface area is 108 Å². The third-order valence-corrected chi connectivity index (χ3v) is 3.01. The molecule has 1 aliphatic carbocycles. The second-order valence-electron chi connectivity index (χ2n) is 4.47. The highest BCUT2D eigenvalue weighted by Crippen LogP contribution is 2.30. The number of para-hydroxylation sites is 2. The molecule has 1 aromatic rings. The molecule has 0 aliphatic heterocycles. The van der Waals surface area contributed by atoms with Crippen LogP contribution in [0, 0.1) is 5.92 Å². The molecule has 0 saturated heterocycles. The Hall–Kier alpha value is -1.84. The third kappa shape index (κ3) is 3.58. The maximum Gasteiger partial charge on any atom is 0.0857 e. The second-order valence-corrected chi connectivity index (χ2v) is 4.47. The molecule has 18 heavy (non-hydrogen) atoms. The van der Waals surface area contributed by atoms with Crippen LogP contribution in [0.3, 0.4) is 0 Å². The van der Waals surface area contributed by atoms with Crippen molar-refractivity contribution in [1.29, 1.82) is 0 Å². The van der Waals surface area contributed by atoms with Gasteiger partial charge in [-0.2, -0.15) is 5.10 Å². The van der Waals surface area contributed by atoms with Crippen LogP contribution in [0.4, 0.5) is 11.4 Å². The lowest BCUT2D eigenvalue weighted by atomic mass is 10.3. The molecule has 0 unspecified atom stereocenters. The molecule has 0 amide bonds. The van der Waals surface area contributed by atoms with E-state index in [2.05, 4.69) is 27.8 Å². The van der Waals surface area contributed by atoms with Gasteiger partial charge in [-0.3, -0.25) is 4.99 Å². The van der Waals surface area contributed by atoms with Gasteiger partial charge in [-0.15, -0.1) is 0 Å².